The average molecular weight is 276 g/mol. The maximum absolute atomic E-state index is 12.7. The molecule has 0 bridgehead atoms. The highest BCUT2D eigenvalue weighted by molar-refractivity contribution is 5.92. The lowest BCUT2D eigenvalue weighted by Crippen LogP contribution is -2.35. The van der Waals surface area contributed by atoms with Crippen LogP contribution in [0, 0.1) is 0 Å². The van der Waals surface area contributed by atoms with Crippen LogP contribution in [0.1, 0.15) is 62.0 Å². The predicted molar refractivity (Wildman–Crippen MR) is 77.7 cm³/mol. The van der Waals surface area contributed by atoms with E-state index in [1.54, 1.807) is 0 Å². The number of amides is 1. The summed E-state index contributed by atoms with van der Waals surface area (Å²) in [4.78, 5) is 14.6. The first-order valence-electron chi connectivity index (χ1n) is 7.75. The van der Waals surface area contributed by atoms with Crippen LogP contribution in [0.3, 0.4) is 0 Å². The minimum Gasteiger partial charge on any atom is -0.390 e. The van der Waals surface area contributed by atoms with Gasteiger partial charge in [-0.3, -0.25) is 4.79 Å². The van der Waals surface area contributed by atoms with Gasteiger partial charge in [0.1, 0.15) is 5.69 Å². The van der Waals surface area contributed by atoms with Gasteiger partial charge in [-0.15, -0.1) is 0 Å². The van der Waals surface area contributed by atoms with E-state index in [0.717, 1.165) is 25.1 Å². The molecule has 4 nitrogen and oxygen atoms in total. The van der Waals surface area contributed by atoms with Crippen molar-refractivity contribution in [3.8, 4) is 0 Å². The summed E-state index contributed by atoms with van der Waals surface area (Å²) >= 11 is 0. The quantitative estimate of drug-likeness (QED) is 0.902. The van der Waals surface area contributed by atoms with Crippen LogP contribution in [-0.2, 0) is 0 Å². The average Bonchev–Trinajstić information content (AvgIpc) is 2.71. The van der Waals surface area contributed by atoms with Crippen LogP contribution < -0.4 is 0 Å². The minimum atomic E-state index is -0.620. The Kier molecular flexibility index (Phi) is 3.59. The van der Waals surface area contributed by atoms with Gasteiger partial charge in [-0.2, -0.15) is 0 Å². The molecular formula is C16H24N2O2. The van der Waals surface area contributed by atoms with E-state index in [2.05, 4.69) is 4.57 Å². The summed E-state index contributed by atoms with van der Waals surface area (Å²) < 4.78 is 2.15. The van der Waals surface area contributed by atoms with Crippen molar-refractivity contribution in [2.24, 2.45) is 0 Å². The second-order valence-corrected chi connectivity index (χ2v) is 6.53. The molecule has 20 heavy (non-hydrogen) atoms. The van der Waals surface area contributed by atoms with Crippen LogP contribution in [0.5, 0.6) is 0 Å². The molecule has 0 spiro atoms. The molecule has 1 aromatic rings. The van der Waals surface area contributed by atoms with Crippen LogP contribution in [0.4, 0.5) is 0 Å². The Balaban J connectivity index is 1.74. The van der Waals surface area contributed by atoms with E-state index in [1.165, 1.54) is 19.3 Å². The van der Waals surface area contributed by atoms with Gasteiger partial charge in [-0.1, -0.05) is 0 Å². The molecule has 3 rings (SSSR count). The summed E-state index contributed by atoms with van der Waals surface area (Å²) in [7, 11) is 0. The molecule has 1 saturated carbocycles. The Hall–Kier alpha value is -1.29. The Morgan fingerprint density at radius 1 is 1.30 bits per heavy atom. The predicted octanol–water partition coefficient (Wildman–Crippen LogP) is 2.59. The van der Waals surface area contributed by atoms with Gasteiger partial charge in [-0.25, -0.2) is 0 Å². The van der Waals surface area contributed by atoms with Crippen LogP contribution in [0.15, 0.2) is 18.3 Å². The molecule has 1 aliphatic heterocycles. The molecule has 110 valence electrons. The maximum atomic E-state index is 12.7. The standard InChI is InChI=1S/C16H24N2O2/c1-16(20)8-4-10-17(12-9-16)15(19)14-7-3-11-18(14)13-5-2-6-13/h3,7,11,13,20H,2,4-6,8-10,12H2,1H3. The largest absolute Gasteiger partial charge is 0.390 e. The fourth-order valence-electron chi connectivity index (χ4n) is 3.19. The number of nitrogens with zero attached hydrogens (tertiary/aromatic N) is 2. The van der Waals surface area contributed by atoms with Crippen LogP contribution in [-0.4, -0.2) is 39.2 Å². The molecule has 1 saturated heterocycles. The summed E-state index contributed by atoms with van der Waals surface area (Å²) in [5.41, 5.74) is 0.196. The molecule has 2 fully saturated rings. The van der Waals surface area contributed by atoms with Gasteiger partial charge in [0.2, 0.25) is 0 Å². The third-order valence-electron chi connectivity index (χ3n) is 4.82. The third kappa shape index (κ3) is 2.62. The molecule has 1 N–H and O–H groups in total. The number of likely N-dealkylation sites (tertiary alicyclic amines) is 1. The molecular weight excluding hydrogens is 252 g/mol. The zero-order chi connectivity index (χ0) is 14.2. The molecule has 1 amide bonds. The fourth-order valence-corrected chi connectivity index (χ4v) is 3.19. The van der Waals surface area contributed by atoms with Crippen molar-refractivity contribution in [2.75, 3.05) is 13.1 Å². The maximum Gasteiger partial charge on any atom is 0.270 e. The number of hydrogen-bond acceptors (Lipinski definition) is 2. The minimum absolute atomic E-state index is 0.125. The summed E-state index contributed by atoms with van der Waals surface area (Å²) in [6.07, 6.45) is 7.99. The zero-order valence-corrected chi connectivity index (χ0v) is 12.2. The molecule has 0 radical (unpaired) electrons. The van der Waals surface area contributed by atoms with Crippen molar-refractivity contribution in [3.05, 3.63) is 24.0 Å². The summed E-state index contributed by atoms with van der Waals surface area (Å²) in [6, 6.07) is 4.42. The van der Waals surface area contributed by atoms with Crippen LogP contribution in [0.25, 0.3) is 0 Å². The number of aromatic nitrogens is 1. The van der Waals surface area contributed by atoms with Crippen molar-refractivity contribution >= 4 is 5.91 Å². The van der Waals surface area contributed by atoms with Gasteiger partial charge >= 0.3 is 0 Å². The Labute approximate surface area is 120 Å². The zero-order valence-electron chi connectivity index (χ0n) is 12.2. The van der Waals surface area contributed by atoms with E-state index in [4.69, 9.17) is 0 Å². The molecule has 4 heteroatoms. The van der Waals surface area contributed by atoms with E-state index in [9.17, 15) is 9.90 Å². The monoisotopic (exact) mass is 276 g/mol. The summed E-state index contributed by atoms with van der Waals surface area (Å²) in [5.74, 6) is 0.125. The normalized spacial score (nSPS) is 28.0. The Morgan fingerprint density at radius 3 is 2.80 bits per heavy atom. The fraction of sp³-hybridized carbons (Fsp3) is 0.688. The highest BCUT2D eigenvalue weighted by Crippen LogP contribution is 2.33. The lowest BCUT2D eigenvalue weighted by molar-refractivity contribution is 0.0436. The highest BCUT2D eigenvalue weighted by atomic mass is 16.3. The third-order valence-corrected chi connectivity index (χ3v) is 4.82. The van der Waals surface area contributed by atoms with E-state index >= 15 is 0 Å². The number of hydrogen-bond donors (Lipinski definition) is 1. The number of carbonyl (C=O) groups is 1. The van der Waals surface area contributed by atoms with Gasteiger partial charge in [0.05, 0.1) is 5.60 Å². The van der Waals surface area contributed by atoms with Gasteiger partial charge < -0.3 is 14.6 Å². The first-order valence-corrected chi connectivity index (χ1v) is 7.75. The topological polar surface area (TPSA) is 45.5 Å². The van der Waals surface area contributed by atoms with E-state index in [1.807, 2.05) is 30.2 Å². The lowest BCUT2D eigenvalue weighted by atomic mass is 9.93. The van der Waals surface area contributed by atoms with Crippen molar-refractivity contribution < 1.29 is 9.90 Å². The van der Waals surface area contributed by atoms with Crippen LogP contribution >= 0.6 is 0 Å². The second-order valence-electron chi connectivity index (χ2n) is 6.53. The summed E-state index contributed by atoms with van der Waals surface area (Å²) in [6.45, 7) is 3.28. The van der Waals surface area contributed by atoms with Crippen molar-refractivity contribution in [3.63, 3.8) is 0 Å². The lowest BCUT2D eigenvalue weighted by Gasteiger charge is -2.30. The number of rotatable bonds is 2. The molecule has 2 aliphatic rings. The van der Waals surface area contributed by atoms with E-state index in [-0.39, 0.29) is 5.91 Å². The highest BCUT2D eigenvalue weighted by Gasteiger charge is 2.30. The van der Waals surface area contributed by atoms with Gasteiger partial charge in [-0.05, 0) is 57.6 Å². The Bertz CT molecular complexity index is 488. The SMILES string of the molecule is CC1(O)CCCN(C(=O)c2cccn2C2CCC2)CC1. The molecule has 2 heterocycles. The Morgan fingerprint density at radius 2 is 2.10 bits per heavy atom. The summed E-state index contributed by atoms with van der Waals surface area (Å²) in [5, 5.41) is 10.1. The van der Waals surface area contributed by atoms with Crippen LogP contribution in [0.2, 0.25) is 0 Å². The molecule has 1 atom stereocenters. The second kappa shape index (κ2) is 5.24. The van der Waals surface area contributed by atoms with Gasteiger partial charge in [0.15, 0.2) is 0 Å². The molecule has 0 aromatic carbocycles. The molecule has 1 aliphatic carbocycles. The van der Waals surface area contributed by atoms with Crippen molar-refractivity contribution in [1.82, 2.24) is 9.47 Å². The smallest absolute Gasteiger partial charge is 0.270 e. The molecule has 1 aromatic heterocycles. The molecule has 1 unspecified atom stereocenters. The van der Waals surface area contributed by atoms with Crippen molar-refractivity contribution in [1.29, 1.82) is 0 Å². The number of aliphatic hydroxyl groups is 1. The van der Waals surface area contributed by atoms with Gasteiger partial charge in [0.25, 0.3) is 5.91 Å². The van der Waals surface area contributed by atoms with Gasteiger partial charge in [0, 0.05) is 25.3 Å². The number of carbonyl (C=O) groups excluding carboxylic acids is 1. The van der Waals surface area contributed by atoms with E-state index in [0.29, 0.717) is 19.0 Å². The first kappa shape index (κ1) is 13.7. The first-order chi connectivity index (χ1) is 9.57. The van der Waals surface area contributed by atoms with Crippen molar-refractivity contribution in [2.45, 2.75) is 57.1 Å². The van der Waals surface area contributed by atoms with E-state index < -0.39 is 5.60 Å².